The minimum atomic E-state index is 0.357. The molecule has 0 bridgehead atoms. The van der Waals surface area contributed by atoms with Crippen molar-refractivity contribution in [3.05, 3.63) is 59.9 Å². The van der Waals surface area contributed by atoms with E-state index in [0.29, 0.717) is 5.92 Å². The lowest BCUT2D eigenvalue weighted by Crippen LogP contribution is -2.00. The van der Waals surface area contributed by atoms with Crippen molar-refractivity contribution in [3.63, 3.8) is 0 Å². The molecule has 0 aliphatic rings. The Bertz CT molecular complexity index is 650. The van der Waals surface area contributed by atoms with Crippen molar-refractivity contribution in [3.8, 4) is 0 Å². The standard InChI is InChI=1S/C16H17N3/c1-11(10-12-6-8-13(17)9-7-12)16-18-14-4-2-3-5-15(14)19-16/h2-9,11H,10,17H2,1H3,(H,18,19)/t11-/m1/s1. The molecule has 0 unspecified atom stereocenters. The molecular weight excluding hydrogens is 234 g/mol. The molecule has 0 amide bonds. The van der Waals surface area contributed by atoms with E-state index < -0.39 is 0 Å². The zero-order valence-corrected chi connectivity index (χ0v) is 10.9. The van der Waals surface area contributed by atoms with Gasteiger partial charge >= 0.3 is 0 Å². The third-order valence-corrected chi connectivity index (χ3v) is 3.40. The molecule has 0 aliphatic carbocycles. The molecule has 1 atom stereocenters. The fourth-order valence-electron chi connectivity index (χ4n) is 2.31. The van der Waals surface area contributed by atoms with E-state index in [4.69, 9.17) is 5.73 Å². The molecule has 0 fully saturated rings. The molecule has 1 heterocycles. The Labute approximate surface area is 112 Å². The minimum absolute atomic E-state index is 0.357. The zero-order valence-electron chi connectivity index (χ0n) is 10.9. The number of hydrogen-bond donors (Lipinski definition) is 2. The summed E-state index contributed by atoms with van der Waals surface area (Å²) in [5.41, 5.74) is 9.91. The van der Waals surface area contributed by atoms with Crippen LogP contribution in [-0.2, 0) is 6.42 Å². The predicted octanol–water partition coefficient (Wildman–Crippen LogP) is 3.49. The van der Waals surface area contributed by atoms with Gasteiger partial charge in [0.1, 0.15) is 5.82 Å². The van der Waals surface area contributed by atoms with Crippen LogP contribution in [0.15, 0.2) is 48.5 Å². The van der Waals surface area contributed by atoms with Crippen LogP contribution in [0.1, 0.15) is 24.2 Å². The Balaban J connectivity index is 1.83. The third kappa shape index (κ3) is 2.45. The highest BCUT2D eigenvalue weighted by atomic mass is 14.9. The number of benzene rings is 2. The molecule has 3 nitrogen and oxygen atoms in total. The lowest BCUT2D eigenvalue weighted by Gasteiger charge is -2.08. The minimum Gasteiger partial charge on any atom is -0.399 e. The molecule has 3 heteroatoms. The second-order valence-corrected chi connectivity index (χ2v) is 4.99. The average Bonchev–Trinajstić information content (AvgIpc) is 2.85. The fraction of sp³-hybridized carbons (Fsp3) is 0.188. The van der Waals surface area contributed by atoms with Gasteiger partial charge in [0.2, 0.25) is 0 Å². The van der Waals surface area contributed by atoms with Crippen LogP contribution in [0.3, 0.4) is 0 Å². The summed E-state index contributed by atoms with van der Waals surface area (Å²) in [6.45, 7) is 2.19. The van der Waals surface area contributed by atoms with E-state index in [1.54, 1.807) is 0 Å². The molecular formula is C16H17N3. The number of nitrogens with two attached hydrogens (primary N) is 1. The van der Waals surface area contributed by atoms with Gasteiger partial charge in [-0.3, -0.25) is 0 Å². The first-order valence-corrected chi connectivity index (χ1v) is 6.51. The average molecular weight is 251 g/mol. The number of para-hydroxylation sites is 2. The molecule has 3 rings (SSSR count). The number of anilines is 1. The van der Waals surface area contributed by atoms with Crippen molar-refractivity contribution in [1.82, 2.24) is 9.97 Å². The Morgan fingerprint density at radius 2 is 1.84 bits per heavy atom. The van der Waals surface area contributed by atoms with Crippen LogP contribution in [0, 0.1) is 0 Å². The van der Waals surface area contributed by atoms with Crippen LogP contribution in [0.4, 0.5) is 5.69 Å². The van der Waals surface area contributed by atoms with Crippen molar-refractivity contribution in [2.24, 2.45) is 0 Å². The van der Waals surface area contributed by atoms with Gasteiger partial charge in [-0.2, -0.15) is 0 Å². The van der Waals surface area contributed by atoms with E-state index in [-0.39, 0.29) is 0 Å². The van der Waals surface area contributed by atoms with Crippen LogP contribution >= 0.6 is 0 Å². The van der Waals surface area contributed by atoms with Crippen molar-refractivity contribution < 1.29 is 0 Å². The van der Waals surface area contributed by atoms with E-state index in [1.165, 1.54) is 5.56 Å². The number of nitrogens with one attached hydrogen (secondary N) is 1. The number of H-pyrrole nitrogens is 1. The highest BCUT2D eigenvalue weighted by molar-refractivity contribution is 5.74. The van der Waals surface area contributed by atoms with E-state index in [1.807, 2.05) is 30.3 Å². The first-order chi connectivity index (χ1) is 9.22. The molecule has 96 valence electrons. The van der Waals surface area contributed by atoms with Crippen molar-refractivity contribution in [2.45, 2.75) is 19.3 Å². The monoisotopic (exact) mass is 251 g/mol. The van der Waals surface area contributed by atoms with Gasteiger partial charge in [-0.05, 0) is 36.2 Å². The van der Waals surface area contributed by atoms with Gasteiger partial charge < -0.3 is 10.7 Å². The number of nitrogen functional groups attached to an aromatic ring is 1. The van der Waals surface area contributed by atoms with Gasteiger partial charge in [0, 0.05) is 11.6 Å². The number of hydrogen-bond acceptors (Lipinski definition) is 2. The van der Waals surface area contributed by atoms with E-state index in [0.717, 1.165) is 29.0 Å². The van der Waals surface area contributed by atoms with Gasteiger partial charge in [0.05, 0.1) is 11.0 Å². The smallest absolute Gasteiger partial charge is 0.110 e. The highest BCUT2D eigenvalue weighted by Crippen LogP contribution is 2.21. The molecule has 0 radical (unpaired) electrons. The van der Waals surface area contributed by atoms with Crippen LogP contribution in [-0.4, -0.2) is 9.97 Å². The molecule has 1 aromatic heterocycles. The number of aromatic amines is 1. The quantitative estimate of drug-likeness (QED) is 0.700. The van der Waals surface area contributed by atoms with E-state index in [9.17, 15) is 0 Å². The summed E-state index contributed by atoms with van der Waals surface area (Å²) >= 11 is 0. The Morgan fingerprint density at radius 1 is 1.11 bits per heavy atom. The SMILES string of the molecule is C[C@H](Cc1ccc(N)cc1)c1nc2ccccc2[nH]1. The maximum absolute atomic E-state index is 5.70. The number of fused-ring (bicyclic) bond motifs is 1. The highest BCUT2D eigenvalue weighted by Gasteiger charge is 2.11. The first-order valence-electron chi connectivity index (χ1n) is 6.51. The largest absolute Gasteiger partial charge is 0.399 e. The molecule has 0 spiro atoms. The first kappa shape index (κ1) is 11.8. The van der Waals surface area contributed by atoms with Gasteiger partial charge in [0.25, 0.3) is 0 Å². The Kier molecular flexibility index (Phi) is 2.95. The second-order valence-electron chi connectivity index (χ2n) is 4.99. The maximum Gasteiger partial charge on any atom is 0.110 e. The van der Waals surface area contributed by atoms with Gasteiger partial charge in [0.15, 0.2) is 0 Å². The number of rotatable bonds is 3. The summed E-state index contributed by atoms with van der Waals surface area (Å²) < 4.78 is 0. The molecule has 2 aromatic carbocycles. The second kappa shape index (κ2) is 4.76. The zero-order chi connectivity index (χ0) is 13.2. The number of nitrogens with zero attached hydrogens (tertiary/aromatic N) is 1. The van der Waals surface area contributed by atoms with E-state index >= 15 is 0 Å². The van der Waals surface area contributed by atoms with Crippen LogP contribution in [0.25, 0.3) is 11.0 Å². The van der Waals surface area contributed by atoms with Gasteiger partial charge in [-0.1, -0.05) is 31.2 Å². The maximum atomic E-state index is 5.70. The normalized spacial score (nSPS) is 12.7. The van der Waals surface area contributed by atoms with Crippen molar-refractivity contribution >= 4 is 16.7 Å². The Hall–Kier alpha value is -2.29. The third-order valence-electron chi connectivity index (χ3n) is 3.40. The topological polar surface area (TPSA) is 54.7 Å². The molecule has 0 aliphatic heterocycles. The van der Waals surface area contributed by atoms with Gasteiger partial charge in [-0.25, -0.2) is 4.98 Å². The van der Waals surface area contributed by atoms with Crippen molar-refractivity contribution in [2.75, 3.05) is 5.73 Å². The summed E-state index contributed by atoms with van der Waals surface area (Å²) in [4.78, 5) is 8.04. The molecule has 3 N–H and O–H groups in total. The molecule has 0 saturated carbocycles. The summed E-state index contributed by atoms with van der Waals surface area (Å²) in [7, 11) is 0. The van der Waals surface area contributed by atoms with Crippen LogP contribution < -0.4 is 5.73 Å². The Morgan fingerprint density at radius 3 is 2.58 bits per heavy atom. The van der Waals surface area contributed by atoms with Crippen LogP contribution in [0.5, 0.6) is 0 Å². The molecule has 3 aromatic rings. The summed E-state index contributed by atoms with van der Waals surface area (Å²) in [5, 5.41) is 0. The lowest BCUT2D eigenvalue weighted by atomic mass is 10.0. The van der Waals surface area contributed by atoms with Gasteiger partial charge in [-0.15, -0.1) is 0 Å². The summed E-state index contributed by atoms with van der Waals surface area (Å²) in [6.07, 6.45) is 0.958. The van der Waals surface area contributed by atoms with Crippen LogP contribution in [0.2, 0.25) is 0 Å². The number of aromatic nitrogens is 2. The molecule has 0 saturated heterocycles. The fourth-order valence-corrected chi connectivity index (χ4v) is 2.31. The van der Waals surface area contributed by atoms with Crippen molar-refractivity contribution in [1.29, 1.82) is 0 Å². The van der Waals surface area contributed by atoms with E-state index in [2.05, 4.69) is 35.1 Å². The summed E-state index contributed by atoms with van der Waals surface area (Å²) in [6, 6.07) is 16.2. The molecule has 19 heavy (non-hydrogen) atoms. The lowest BCUT2D eigenvalue weighted by molar-refractivity contribution is 0.713. The predicted molar refractivity (Wildman–Crippen MR) is 79.1 cm³/mol. The number of imidazole rings is 1. The summed E-state index contributed by atoms with van der Waals surface area (Å²) in [5.74, 6) is 1.40.